The molecule has 9 heteroatoms. The second-order valence-electron chi connectivity index (χ2n) is 5.81. The van der Waals surface area contributed by atoms with Gasteiger partial charge in [-0.2, -0.15) is 5.10 Å². The third kappa shape index (κ3) is 3.86. The standard InChI is InChI=1S/C18H14BrClN4O3/c1-10-16(11-3-5-12(19)6-4-11)17(23(2)22-10)21-18(25)14-8-7-13(24(26)27)9-15(14)20/h3-9H,1-2H3,(H,21,25). The number of nitro groups is 1. The summed E-state index contributed by atoms with van der Waals surface area (Å²) in [7, 11) is 1.72. The monoisotopic (exact) mass is 448 g/mol. The predicted octanol–water partition coefficient (Wildman–Crippen LogP) is 4.97. The van der Waals surface area contributed by atoms with E-state index in [0.29, 0.717) is 5.82 Å². The van der Waals surface area contributed by atoms with Crippen molar-refractivity contribution in [3.8, 4) is 11.1 Å². The van der Waals surface area contributed by atoms with Crippen LogP contribution in [0.5, 0.6) is 0 Å². The third-order valence-electron chi connectivity index (χ3n) is 4.00. The van der Waals surface area contributed by atoms with Gasteiger partial charge in [-0.15, -0.1) is 0 Å². The van der Waals surface area contributed by atoms with Crippen molar-refractivity contribution in [2.24, 2.45) is 7.05 Å². The molecule has 7 nitrogen and oxygen atoms in total. The first kappa shape index (κ1) is 19.1. The van der Waals surface area contributed by atoms with Crippen LogP contribution in [0.25, 0.3) is 11.1 Å². The number of nitrogens with zero attached hydrogens (tertiary/aromatic N) is 3. The van der Waals surface area contributed by atoms with Gasteiger partial charge in [-0.05, 0) is 30.7 Å². The van der Waals surface area contributed by atoms with Gasteiger partial charge in [-0.3, -0.25) is 19.6 Å². The number of nitro benzene ring substituents is 1. The zero-order valence-electron chi connectivity index (χ0n) is 14.4. The first-order valence-electron chi connectivity index (χ1n) is 7.82. The van der Waals surface area contributed by atoms with Gasteiger partial charge in [0.25, 0.3) is 11.6 Å². The number of amides is 1. The number of aromatic nitrogens is 2. The van der Waals surface area contributed by atoms with Gasteiger partial charge in [-0.1, -0.05) is 39.7 Å². The maximum absolute atomic E-state index is 12.7. The van der Waals surface area contributed by atoms with Gasteiger partial charge in [0.1, 0.15) is 5.82 Å². The Morgan fingerprint density at radius 1 is 1.26 bits per heavy atom. The summed E-state index contributed by atoms with van der Waals surface area (Å²) in [4.78, 5) is 23.0. The van der Waals surface area contributed by atoms with Gasteiger partial charge < -0.3 is 5.32 Å². The van der Waals surface area contributed by atoms with Crippen molar-refractivity contribution in [2.75, 3.05) is 5.32 Å². The molecule has 0 spiro atoms. The van der Waals surface area contributed by atoms with Crippen LogP contribution in [0.2, 0.25) is 5.02 Å². The number of halogens is 2. The topological polar surface area (TPSA) is 90.1 Å². The largest absolute Gasteiger partial charge is 0.306 e. The average Bonchev–Trinajstić information content (AvgIpc) is 2.89. The van der Waals surface area contributed by atoms with Crippen molar-refractivity contribution in [3.63, 3.8) is 0 Å². The molecule has 1 amide bonds. The number of nitrogens with one attached hydrogen (secondary N) is 1. The van der Waals surface area contributed by atoms with E-state index in [1.54, 1.807) is 11.7 Å². The van der Waals surface area contributed by atoms with E-state index in [1.807, 2.05) is 31.2 Å². The summed E-state index contributed by atoms with van der Waals surface area (Å²) >= 11 is 9.46. The summed E-state index contributed by atoms with van der Waals surface area (Å²) < 4.78 is 2.51. The number of aryl methyl sites for hydroxylation is 2. The summed E-state index contributed by atoms with van der Waals surface area (Å²) in [6.45, 7) is 1.85. The molecule has 0 aliphatic rings. The quantitative estimate of drug-likeness (QED) is 0.450. The fraction of sp³-hybridized carbons (Fsp3) is 0.111. The highest BCUT2D eigenvalue weighted by Gasteiger charge is 2.20. The molecule has 0 saturated carbocycles. The minimum absolute atomic E-state index is 0.00535. The van der Waals surface area contributed by atoms with Crippen LogP contribution < -0.4 is 5.32 Å². The van der Waals surface area contributed by atoms with Gasteiger partial charge in [0, 0.05) is 29.2 Å². The number of rotatable bonds is 4. The van der Waals surface area contributed by atoms with Crippen LogP contribution in [0, 0.1) is 17.0 Å². The normalized spacial score (nSPS) is 10.7. The fourth-order valence-electron chi connectivity index (χ4n) is 2.74. The molecule has 0 unspecified atom stereocenters. The third-order valence-corrected chi connectivity index (χ3v) is 4.84. The van der Waals surface area contributed by atoms with E-state index in [9.17, 15) is 14.9 Å². The van der Waals surface area contributed by atoms with Gasteiger partial charge in [-0.25, -0.2) is 0 Å². The fourth-order valence-corrected chi connectivity index (χ4v) is 3.27. The molecule has 27 heavy (non-hydrogen) atoms. The molecule has 0 aliphatic carbocycles. The van der Waals surface area contributed by atoms with Crippen LogP contribution in [0.3, 0.4) is 0 Å². The number of non-ortho nitro benzene ring substituents is 1. The van der Waals surface area contributed by atoms with Crippen molar-refractivity contribution in [1.29, 1.82) is 0 Å². The second-order valence-corrected chi connectivity index (χ2v) is 7.14. The van der Waals surface area contributed by atoms with E-state index in [2.05, 4.69) is 26.3 Å². The van der Waals surface area contributed by atoms with Crippen molar-refractivity contribution in [2.45, 2.75) is 6.92 Å². The number of hydrogen-bond acceptors (Lipinski definition) is 4. The van der Waals surface area contributed by atoms with Crippen molar-refractivity contribution >= 4 is 44.9 Å². The Kier molecular flexibility index (Phi) is 5.29. The predicted molar refractivity (Wildman–Crippen MR) is 107 cm³/mol. The van der Waals surface area contributed by atoms with Crippen LogP contribution >= 0.6 is 27.5 Å². The molecule has 0 fully saturated rings. The molecule has 1 N–H and O–H groups in total. The highest BCUT2D eigenvalue weighted by atomic mass is 79.9. The number of carbonyl (C=O) groups excluding carboxylic acids is 1. The summed E-state index contributed by atoms with van der Waals surface area (Å²) in [6, 6.07) is 11.4. The SMILES string of the molecule is Cc1nn(C)c(NC(=O)c2ccc([N+](=O)[O-])cc2Cl)c1-c1ccc(Br)cc1. The minimum Gasteiger partial charge on any atom is -0.306 e. The highest BCUT2D eigenvalue weighted by molar-refractivity contribution is 9.10. The molecule has 0 bridgehead atoms. The molecular weight excluding hydrogens is 436 g/mol. The molecule has 2 aromatic carbocycles. The van der Waals surface area contributed by atoms with Crippen LogP contribution in [-0.2, 0) is 7.05 Å². The number of benzene rings is 2. The van der Waals surface area contributed by atoms with E-state index in [0.717, 1.165) is 27.4 Å². The average molecular weight is 450 g/mol. The van der Waals surface area contributed by atoms with Crippen molar-refractivity contribution in [3.05, 3.63) is 73.3 Å². The maximum atomic E-state index is 12.7. The minimum atomic E-state index is -0.566. The summed E-state index contributed by atoms with van der Waals surface area (Å²) in [5, 5.41) is 18.0. The van der Waals surface area contributed by atoms with E-state index in [1.165, 1.54) is 12.1 Å². The van der Waals surface area contributed by atoms with Gasteiger partial charge >= 0.3 is 0 Å². The van der Waals surface area contributed by atoms with E-state index < -0.39 is 10.8 Å². The van der Waals surface area contributed by atoms with Crippen molar-refractivity contribution < 1.29 is 9.72 Å². The first-order valence-corrected chi connectivity index (χ1v) is 9.00. The van der Waals surface area contributed by atoms with E-state index in [-0.39, 0.29) is 16.3 Å². The smallest absolute Gasteiger partial charge is 0.270 e. The Hall–Kier alpha value is -2.71. The zero-order chi connectivity index (χ0) is 19.7. The number of carbonyl (C=O) groups is 1. The van der Waals surface area contributed by atoms with Crippen LogP contribution in [-0.4, -0.2) is 20.6 Å². The lowest BCUT2D eigenvalue weighted by molar-refractivity contribution is -0.384. The molecule has 0 atom stereocenters. The molecule has 1 aromatic heterocycles. The van der Waals surface area contributed by atoms with Crippen LogP contribution in [0.15, 0.2) is 46.9 Å². The van der Waals surface area contributed by atoms with Crippen LogP contribution in [0.4, 0.5) is 11.5 Å². The Labute approximate surface area is 168 Å². The lowest BCUT2D eigenvalue weighted by Crippen LogP contribution is -2.15. The van der Waals surface area contributed by atoms with E-state index >= 15 is 0 Å². The lowest BCUT2D eigenvalue weighted by atomic mass is 10.1. The molecule has 138 valence electrons. The maximum Gasteiger partial charge on any atom is 0.270 e. The Bertz CT molecular complexity index is 1050. The Morgan fingerprint density at radius 2 is 1.93 bits per heavy atom. The second kappa shape index (κ2) is 7.50. The summed E-state index contributed by atoms with van der Waals surface area (Å²) in [5.74, 6) is 0.0329. The molecule has 0 saturated heterocycles. The number of hydrogen-bond donors (Lipinski definition) is 1. The summed E-state index contributed by atoms with van der Waals surface area (Å²) in [5.41, 5.74) is 2.40. The van der Waals surface area contributed by atoms with Crippen LogP contribution in [0.1, 0.15) is 16.1 Å². The molecule has 3 rings (SSSR count). The van der Waals surface area contributed by atoms with Gasteiger partial charge in [0.05, 0.1) is 21.2 Å². The molecule has 0 aliphatic heterocycles. The molecule has 1 heterocycles. The lowest BCUT2D eigenvalue weighted by Gasteiger charge is -2.10. The van der Waals surface area contributed by atoms with Gasteiger partial charge in [0.2, 0.25) is 0 Å². The number of anilines is 1. The highest BCUT2D eigenvalue weighted by Crippen LogP contribution is 2.32. The first-order chi connectivity index (χ1) is 12.8. The Balaban J connectivity index is 1.98. The molecular formula is C18H14BrClN4O3. The van der Waals surface area contributed by atoms with Crippen molar-refractivity contribution in [1.82, 2.24) is 9.78 Å². The molecule has 3 aromatic rings. The molecule has 0 radical (unpaired) electrons. The van der Waals surface area contributed by atoms with E-state index in [4.69, 9.17) is 11.6 Å². The summed E-state index contributed by atoms with van der Waals surface area (Å²) in [6.07, 6.45) is 0. The van der Waals surface area contributed by atoms with Gasteiger partial charge in [0.15, 0.2) is 0 Å². The zero-order valence-corrected chi connectivity index (χ0v) is 16.7. The Morgan fingerprint density at radius 3 is 2.52 bits per heavy atom.